The molecule has 1 aromatic rings. The third-order valence-electron chi connectivity index (χ3n) is 3.38. The van der Waals surface area contributed by atoms with E-state index in [1.807, 2.05) is 0 Å². The number of nitrogens with one attached hydrogen (secondary N) is 1. The number of hydrogen-bond donors (Lipinski definition) is 2. The van der Waals surface area contributed by atoms with Crippen LogP contribution >= 0.6 is 0 Å². The van der Waals surface area contributed by atoms with Crippen molar-refractivity contribution in [2.24, 2.45) is 0 Å². The molecule has 2 heterocycles. The predicted octanol–water partition coefficient (Wildman–Crippen LogP) is -0.0393. The molecule has 0 bridgehead atoms. The van der Waals surface area contributed by atoms with Gasteiger partial charge in [0.15, 0.2) is 0 Å². The lowest BCUT2D eigenvalue weighted by molar-refractivity contribution is -0.0148. The first kappa shape index (κ1) is 15.4. The van der Waals surface area contributed by atoms with Gasteiger partial charge in [-0.1, -0.05) is 11.8 Å². The number of aliphatic hydroxyl groups is 1. The number of ether oxygens (including phenoxy) is 2. The van der Waals surface area contributed by atoms with Crippen LogP contribution in [0.15, 0.2) is 18.5 Å². The second-order valence-corrected chi connectivity index (χ2v) is 4.79. The molecule has 2 N–H and O–H groups in total. The smallest absolute Gasteiger partial charge is 0.252 e. The van der Waals surface area contributed by atoms with E-state index in [4.69, 9.17) is 14.6 Å². The molecule has 1 aromatic heterocycles. The van der Waals surface area contributed by atoms with Crippen LogP contribution in [0.2, 0.25) is 0 Å². The van der Waals surface area contributed by atoms with Gasteiger partial charge in [0, 0.05) is 44.6 Å². The van der Waals surface area contributed by atoms with E-state index in [0.29, 0.717) is 30.9 Å². The van der Waals surface area contributed by atoms with Crippen LogP contribution < -0.4 is 5.32 Å². The molecular formula is C15H18N2O4. The van der Waals surface area contributed by atoms with Crippen LogP contribution in [0.5, 0.6) is 0 Å². The van der Waals surface area contributed by atoms with Crippen molar-refractivity contribution in [3.63, 3.8) is 0 Å². The highest BCUT2D eigenvalue weighted by Crippen LogP contribution is 2.21. The zero-order valence-corrected chi connectivity index (χ0v) is 11.9. The highest BCUT2D eigenvalue weighted by Gasteiger charge is 2.35. The maximum absolute atomic E-state index is 12.1. The van der Waals surface area contributed by atoms with Crippen LogP contribution in [0.4, 0.5) is 0 Å². The molecule has 1 aliphatic heterocycles. The third-order valence-corrected chi connectivity index (χ3v) is 3.38. The number of amides is 1. The molecular weight excluding hydrogens is 272 g/mol. The number of carbonyl (C=O) groups excluding carboxylic acids is 1. The summed E-state index contributed by atoms with van der Waals surface area (Å²) in [6, 6.07) is 1.63. The normalized spacial score (nSPS) is 20.7. The quantitative estimate of drug-likeness (QED) is 0.761. The molecule has 1 amide bonds. The zero-order chi connectivity index (χ0) is 15.1. The van der Waals surface area contributed by atoms with E-state index in [2.05, 4.69) is 22.1 Å². The lowest BCUT2D eigenvalue weighted by Crippen LogP contribution is -2.45. The lowest BCUT2D eigenvalue weighted by Gasteiger charge is -2.25. The highest BCUT2D eigenvalue weighted by atomic mass is 16.5. The Bertz CT molecular complexity index is 556. The number of aliphatic hydroxyl groups excluding tert-OH is 1. The minimum Gasteiger partial charge on any atom is -0.384 e. The summed E-state index contributed by atoms with van der Waals surface area (Å²) in [6.45, 7) is 1.27. The van der Waals surface area contributed by atoms with E-state index in [9.17, 15) is 4.79 Å². The molecule has 0 spiro atoms. The Morgan fingerprint density at radius 1 is 1.62 bits per heavy atom. The lowest BCUT2D eigenvalue weighted by atomic mass is 10.0. The summed E-state index contributed by atoms with van der Waals surface area (Å²) >= 11 is 0. The Kier molecular flexibility index (Phi) is 5.28. The van der Waals surface area contributed by atoms with Gasteiger partial charge in [-0.15, -0.1) is 0 Å². The van der Waals surface area contributed by atoms with E-state index in [0.717, 1.165) is 6.42 Å². The first-order chi connectivity index (χ1) is 10.2. The Morgan fingerprint density at radius 2 is 2.48 bits per heavy atom. The summed E-state index contributed by atoms with van der Waals surface area (Å²) in [5.41, 5.74) is 0.560. The Hall–Kier alpha value is -1.94. The van der Waals surface area contributed by atoms with Crippen molar-refractivity contribution >= 4 is 5.91 Å². The Balaban J connectivity index is 2.00. The summed E-state index contributed by atoms with van der Waals surface area (Å²) in [5.74, 6) is 5.00. The van der Waals surface area contributed by atoms with E-state index in [-0.39, 0.29) is 12.5 Å². The van der Waals surface area contributed by atoms with Crippen molar-refractivity contribution in [3.05, 3.63) is 29.6 Å². The minimum atomic E-state index is -0.447. The van der Waals surface area contributed by atoms with Gasteiger partial charge in [-0.2, -0.15) is 0 Å². The zero-order valence-electron chi connectivity index (χ0n) is 11.9. The molecule has 1 fully saturated rings. The first-order valence-corrected chi connectivity index (χ1v) is 6.65. The fraction of sp³-hybridized carbons (Fsp3) is 0.467. The SMILES string of the molecule is COC1(CNC(=O)c2cncc(C#CCO)c2)CCOC1. The van der Waals surface area contributed by atoms with Crippen LogP contribution in [0.3, 0.4) is 0 Å². The van der Waals surface area contributed by atoms with Gasteiger partial charge < -0.3 is 19.9 Å². The summed E-state index contributed by atoms with van der Waals surface area (Å²) in [5, 5.41) is 11.5. The van der Waals surface area contributed by atoms with Crippen molar-refractivity contribution in [1.29, 1.82) is 0 Å². The van der Waals surface area contributed by atoms with Crippen molar-refractivity contribution < 1.29 is 19.4 Å². The number of aromatic nitrogens is 1. The number of rotatable bonds is 4. The molecule has 0 aromatic carbocycles. The molecule has 112 valence electrons. The van der Waals surface area contributed by atoms with Gasteiger partial charge in [0.2, 0.25) is 0 Å². The molecule has 2 rings (SSSR count). The summed E-state index contributed by atoms with van der Waals surface area (Å²) in [6.07, 6.45) is 3.77. The van der Waals surface area contributed by atoms with Gasteiger partial charge in [0.25, 0.3) is 5.91 Å². The molecule has 6 heteroatoms. The number of methoxy groups -OCH3 is 1. The highest BCUT2D eigenvalue weighted by molar-refractivity contribution is 5.94. The van der Waals surface area contributed by atoms with E-state index >= 15 is 0 Å². The predicted molar refractivity (Wildman–Crippen MR) is 75.7 cm³/mol. The summed E-state index contributed by atoms with van der Waals surface area (Å²) < 4.78 is 10.8. The van der Waals surface area contributed by atoms with E-state index in [1.54, 1.807) is 19.4 Å². The topological polar surface area (TPSA) is 80.7 Å². The van der Waals surface area contributed by atoms with Crippen molar-refractivity contribution in [2.45, 2.75) is 12.0 Å². The monoisotopic (exact) mass is 290 g/mol. The van der Waals surface area contributed by atoms with Crippen LogP contribution in [0, 0.1) is 11.8 Å². The van der Waals surface area contributed by atoms with Crippen LogP contribution in [-0.4, -0.2) is 55.1 Å². The van der Waals surface area contributed by atoms with E-state index < -0.39 is 5.60 Å². The van der Waals surface area contributed by atoms with Crippen LogP contribution in [-0.2, 0) is 9.47 Å². The van der Waals surface area contributed by atoms with Gasteiger partial charge in [-0.3, -0.25) is 9.78 Å². The molecule has 6 nitrogen and oxygen atoms in total. The Morgan fingerprint density at radius 3 is 3.14 bits per heavy atom. The number of hydrogen-bond acceptors (Lipinski definition) is 5. The number of pyridine rings is 1. The molecule has 1 atom stereocenters. The summed E-state index contributed by atoms with van der Waals surface area (Å²) in [4.78, 5) is 16.1. The average molecular weight is 290 g/mol. The fourth-order valence-electron chi connectivity index (χ4n) is 2.08. The second-order valence-electron chi connectivity index (χ2n) is 4.79. The van der Waals surface area contributed by atoms with Gasteiger partial charge in [0.05, 0.1) is 12.2 Å². The molecule has 0 radical (unpaired) electrons. The molecule has 1 aliphatic rings. The van der Waals surface area contributed by atoms with E-state index in [1.165, 1.54) is 6.20 Å². The van der Waals surface area contributed by atoms with Crippen LogP contribution in [0.25, 0.3) is 0 Å². The minimum absolute atomic E-state index is 0.229. The molecule has 0 saturated carbocycles. The maximum atomic E-state index is 12.1. The van der Waals surface area contributed by atoms with Crippen LogP contribution in [0.1, 0.15) is 22.3 Å². The first-order valence-electron chi connectivity index (χ1n) is 6.65. The largest absolute Gasteiger partial charge is 0.384 e. The average Bonchev–Trinajstić information content (AvgIpc) is 3.00. The maximum Gasteiger partial charge on any atom is 0.252 e. The third kappa shape index (κ3) is 4.02. The van der Waals surface area contributed by atoms with Gasteiger partial charge in [-0.25, -0.2) is 0 Å². The number of nitrogens with zero attached hydrogens (tertiary/aromatic N) is 1. The summed E-state index contributed by atoms with van der Waals surface area (Å²) in [7, 11) is 1.62. The second kappa shape index (κ2) is 7.18. The van der Waals surface area contributed by atoms with Gasteiger partial charge in [-0.05, 0) is 6.07 Å². The standard InChI is InChI=1S/C15H18N2O4/c1-20-15(4-6-21-11-15)10-17-14(19)13-7-12(3-2-5-18)8-16-9-13/h7-9,18H,4-6,10-11H2,1H3,(H,17,19). The fourth-order valence-corrected chi connectivity index (χ4v) is 2.08. The van der Waals surface area contributed by atoms with Crippen molar-refractivity contribution in [3.8, 4) is 11.8 Å². The Labute approximate surface area is 123 Å². The van der Waals surface area contributed by atoms with Crippen molar-refractivity contribution in [1.82, 2.24) is 10.3 Å². The van der Waals surface area contributed by atoms with Gasteiger partial charge >= 0.3 is 0 Å². The molecule has 21 heavy (non-hydrogen) atoms. The molecule has 0 aliphatic carbocycles. The molecule has 1 unspecified atom stereocenters. The molecule has 1 saturated heterocycles. The number of carbonyl (C=O) groups is 1. The van der Waals surface area contributed by atoms with Gasteiger partial charge in [0.1, 0.15) is 12.2 Å². The van der Waals surface area contributed by atoms with Crippen molar-refractivity contribution in [2.75, 3.05) is 33.5 Å².